The molecule has 1 saturated heterocycles. The highest BCUT2D eigenvalue weighted by atomic mass is 16.6. The molecule has 0 spiro atoms. The van der Waals surface area contributed by atoms with E-state index in [1.165, 1.54) is 64.2 Å². The monoisotopic (exact) mass is 317 g/mol. The molecule has 0 amide bonds. The second-order valence-electron chi connectivity index (χ2n) is 9.90. The van der Waals surface area contributed by atoms with E-state index in [9.17, 15) is 0 Å². The summed E-state index contributed by atoms with van der Waals surface area (Å²) in [6.07, 6.45) is 15.6. The fourth-order valence-corrected chi connectivity index (χ4v) is 7.43. The van der Waals surface area contributed by atoms with Crippen LogP contribution in [-0.4, -0.2) is 18.2 Å². The SMILES string of the molecule is CC1CCC2C(CCC3CC(C4CCC(N)CC4)C4OC4C32)C1. The van der Waals surface area contributed by atoms with Gasteiger partial charge in [0, 0.05) is 6.04 Å². The minimum atomic E-state index is 0.484. The largest absolute Gasteiger partial charge is 0.369 e. The van der Waals surface area contributed by atoms with Crippen molar-refractivity contribution in [3.8, 4) is 0 Å². The molecule has 5 rings (SSSR count). The number of nitrogens with two attached hydrogens (primary N) is 1. The Kier molecular flexibility index (Phi) is 3.79. The third-order valence-corrected chi connectivity index (χ3v) is 8.61. The van der Waals surface area contributed by atoms with Gasteiger partial charge in [-0.25, -0.2) is 0 Å². The standard InChI is InChI=1S/C21H35NO/c1-12-2-9-17-14(10-12)3-4-15-11-18(20-21(23-20)19(15)17)13-5-7-16(22)8-6-13/h12-21H,2-11,22H2,1H3. The van der Waals surface area contributed by atoms with Crippen LogP contribution in [0.25, 0.3) is 0 Å². The second kappa shape index (κ2) is 5.73. The van der Waals surface area contributed by atoms with Crippen LogP contribution in [0.1, 0.15) is 71.1 Å². The molecule has 4 saturated carbocycles. The highest BCUT2D eigenvalue weighted by Crippen LogP contribution is 2.60. The zero-order valence-electron chi connectivity index (χ0n) is 14.8. The molecule has 0 aromatic carbocycles. The number of rotatable bonds is 1. The number of hydrogen-bond donors (Lipinski definition) is 1. The molecule has 1 aliphatic heterocycles. The van der Waals surface area contributed by atoms with Crippen molar-refractivity contribution in [1.29, 1.82) is 0 Å². The van der Waals surface area contributed by atoms with Crippen LogP contribution in [0, 0.1) is 41.4 Å². The Morgan fingerprint density at radius 1 is 0.696 bits per heavy atom. The molecule has 2 heteroatoms. The zero-order valence-corrected chi connectivity index (χ0v) is 14.8. The van der Waals surface area contributed by atoms with Crippen molar-refractivity contribution >= 4 is 0 Å². The maximum atomic E-state index is 6.38. The highest BCUT2D eigenvalue weighted by Gasteiger charge is 2.61. The predicted octanol–water partition coefficient (Wildman–Crippen LogP) is 4.37. The Morgan fingerprint density at radius 3 is 2.26 bits per heavy atom. The molecule has 5 aliphatic rings. The fraction of sp³-hybridized carbons (Fsp3) is 1.00. The van der Waals surface area contributed by atoms with Crippen molar-refractivity contribution in [3.63, 3.8) is 0 Å². The third kappa shape index (κ3) is 2.59. The summed E-state index contributed by atoms with van der Waals surface area (Å²) in [5.41, 5.74) is 6.13. The van der Waals surface area contributed by atoms with Gasteiger partial charge in [-0.05, 0) is 99.2 Å². The van der Waals surface area contributed by atoms with E-state index in [1.54, 1.807) is 0 Å². The van der Waals surface area contributed by atoms with E-state index < -0.39 is 0 Å². The fourth-order valence-electron chi connectivity index (χ4n) is 7.43. The summed E-state index contributed by atoms with van der Waals surface area (Å²) in [5.74, 6) is 6.77. The Labute approximate surface area is 141 Å². The summed E-state index contributed by atoms with van der Waals surface area (Å²) < 4.78 is 6.38. The lowest BCUT2D eigenvalue weighted by atomic mass is 9.54. The molecule has 4 aliphatic carbocycles. The first-order chi connectivity index (χ1) is 11.2. The van der Waals surface area contributed by atoms with Gasteiger partial charge in [-0.3, -0.25) is 0 Å². The summed E-state index contributed by atoms with van der Waals surface area (Å²) in [4.78, 5) is 0. The summed E-state index contributed by atoms with van der Waals surface area (Å²) in [5, 5.41) is 0. The van der Waals surface area contributed by atoms with Crippen molar-refractivity contribution < 1.29 is 4.74 Å². The Morgan fingerprint density at radius 2 is 1.43 bits per heavy atom. The first-order valence-corrected chi connectivity index (χ1v) is 10.6. The topological polar surface area (TPSA) is 38.5 Å². The average Bonchev–Trinajstić information content (AvgIpc) is 3.35. The van der Waals surface area contributed by atoms with Crippen LogP contribution in [0.3, 0.4) is 0 Å². The summed E-state index contributed by atoms with van der Waals surface area (Å²) in [6, 6.07) is 0.484. The van der Waals surface area contributed by atoms with E-state index >= 15 is 0 Å². The van der Waals surface area contributed by atoms with E-state index in [0.717, 1.165) is 41.4 Å². The number of fused-ring (bicyclic) bond motifs is 5. The van der Waals surface area contributed by atoms with Crippen LogP contribution in [0.15, 0.2) is 0 Å². The molecule has 8 atom stereocenters. The van der Waals surface area contributed by atoms with E-state index in [0.29, 0.717) is 18.2 Å². The Hall–Kier alpha value is -0.0800. The smallest absolute Gasteiger partial charge is 0.0878 e. The van der Waals surface area contributed by atoms with E-state index in [-0.39, 0.29) is 0 Å². The number of hydrogen-bond acceptors (Lipinski definition) is 2. The van der Waals surface area contributed by atoms with Crippen molar-refractivity contribution in [1.82, 2.24) is 0 Å². The first-order valence-electron chi connectivity index (χ1n) is 10.6. The molecule has 5 fully saturated rings. The van der Waals surface area contributed by atoms with Crippen LogP contribution in [-0.2, 0) is 4.74 Å². The van der Waals surface area contributed by atoms with Crippen molar-refractivity contribution in [2.75, 3.05) is 0 Å². The lowest BCUT2D eigenvalue weighted by Crippen LogP contribution is -2.46. The maximum Gasteiger partial charge on any atom is 0.0878 e. The van der Waals surface area contributed by atoms with Gasteiger partial charge in [0.15, 0.2) is 0 Å². The van der Waals surface area contributed by atoms with Crippen LogP contribution in [0.2, 0.25) is 0 Å². The minimum Gasteiger partial charge on any atom is -0.369 e. The van der Waals surface area contributed by atoms with Gasteiger partial charge in [-0.2, -0.15) is 0 Å². The van der Waals surface area contributed by atoms with Gasteiger partial charge >= 0.3 is 0 Å². The Bertz CT molecular complexity index is 443. The minimum absolute atomic E-state index is 0.484. The predicted molar refractivity (Wildman–Crippen MR) is 92.9 cm³/mol. The van der Waals surface area contributed by atoms with E-state index in [1.807, 2.05) is 0 Å². The Balaban J connectivity index is 1.29. The summed E-state index contributed by atoms with van der Waals surface area (Å²) >= 11 is 0. The normalized spacial score (nSPS) is 58.7. The van der Waals surface area contributed by atoms with Gasteiger partial charge in [0.1, 0.15) is 0 Å². The number of epoxide rings is 1. The molecule has 130 valence electrons. The zero-order chi connectivity index (χ0) is 15.6. The molecular formula is C21H35NO. The molecule has 23 heavy (non-hydrogen) atoms. The van der Waals surface area contributed by atoms with Gasteiger partial charge in [0.2, 0.25) is 0 Å². The highest BCUT2D eigenvalue weighted by molar-refractivity contribution is 5.09. The first kappa shape index (κ1) is 15.2. The van der Waals surface area contributed by atoms with Gasteiger partial charge in [-0.1, -0.05) is 13.3 Å². The second-order valence-corrected chi connectivity index (χ2v) is 9.90. The van der Waals surface area contributed by atoms with Crippen molar-refractivity contribution in [2.24, 2.45) is 47.2 Å². The molecular weight excluding hydrogens is 282 g/mol. The molecule has 1 heterocycles. The lowest BCUT2D eigenvalue weighted by molar-refractivity contribution is 0.000682. The average molecular weight is 318 g/mol. The lowest BCUT2D eigenvalue weighted by Gasteiger charge is -2.50. The van der Waals surface area contributed by atoms with Crippen LogP contribution in [0.4, 0.5) is 0 Å². The van der Waals surface area contributed by atoms with Crippen LogP contribution >= 0.6 is 0 Å². The molecule has 8 unspecified atom stereocenters. The van der Waals surface area contributed by atoms with Gasteiger partial charge in [0.05, 0.1) is 12.2 Å². The van der Waals surface area contributed by atoms with Crippen LogP contribution < -0.4 is 5.73 Å². The summed E-state index contributed by atoms with van der Waals surface area (Å²) in [6.45, 7) is 2.48. The molecule has 0 radical (unpaired) electrons. The molecule has 0 aromatic rings. The van der Waals surface area contributed by atoms with E-state index in [4.69, 9.17) is 10.5 Å². The van der Waals surface area contributed by atoms with Crippen molar-refractivity contribution in [2.45, 2.75) is 89.4 Å². The maximum absolute atomic E-state index is 6.38. The van der Waals surface area contributed by atoms with Gasteiger partial charge in [0.25, 0.3) is 0 Å². The molecule has 2 nitrogen and oxygen atoms in total. The molecule has 0 aromatic heterocycles. The quantitative estimate of drug-likeness (QED) is 0.729. The molecule has 0 bridgehead atoms. The van der Waals surface area contributed by atoms with Crippen LogP contribution in [0.5, 0.6) is 0 Å². The van der Waals surface area contributed by atoms with Gasteiger partial charge in [-0.15, -0.1) is 0 Å². The third-order valence-electron chi connectivity index (χ3n) is 8.61. The number of ether oxygens (including phenoxy) is 1. The van der Waals surface area contributed by atoms with E-state index in [2.05, 4.69) is 6.92 Å². The molecule has 2 N–H and O–H groups in total. The van der Waals surface area contributed by atoms with Crippen molar-refractivity contribution in [3.05, 3.63) is 0 Å². The summed E-state index contributed by atoms with van der Waals surface area (Å²) in [7, 11) is 0. The van der Waals surface area contributed by atoms with Gasteiger partial charge < -0.3 is 10.5 Å².